The Morgan fingerprint density at radius 3 is 2.68 bits per heavy atom. The van der Waals surface area contributed by atoms with Crippen molar-refractivity contribution >= 4 is 28.0 Å². The van der Waals surface area contributed by atoms with Crippen molar-refractivity contribution < 1.29 is 4.79 Å². The molecule has 2 aromatic carbocycles. The first-order valence-corrected chi connectivity index (χ1v) is 8.52. The van der Waals surface area contributed by atoms with Gasteiger partial charge in [-0.2, -0.15) is 11.3 Å². The minimum atomic E-state index is 0.116. The summed E-state index contributed by atoms with van der Waals surface area (Å²) in [5.41, 5.74) is 1.99. The summed E-state index contributed by atoms with van der Waals surface area (Å²) in [7, 11) is 0. The van der Waals surface area contributed by atoms with Crippen LogP contribution < -0.4 is 0 Å². The lowest BCUT2D eigenvalue weighted by atomic mass is 10.0. The fraction of sp³-hybridized carbons (Fsp3) is 0.211. The Morgan fingerprint density at radius 1 is 1.09 bits per heavy atom. The molecule has 3 heteroatoms. The van der Waals surface area contributed by atoms with Crippen molar-refractivity contribution in [2.75, 3.05) is 6.54 Å². The topological polar surface area (TPSA) is 20.3 Å². The highest BCUT2D eigenvalue weighted by atomic mass is 32.1. The Labute approximate surface area is 135 Å². The molecule has 0 spiro atoms. The Balaban J connectivity index is 1.94. The molecule has 0 radical (unpaired) electrons. The van der Waals surface area contributed by atoms with Crippen molar-refractivity contribution in [3.8, 4) is 0 Å². The van der Waals surface area contributed by atoms with Gasteiger partial charge in [0.15, 0.2) is 0 Å². The molecule has 0 aliphatic heterocycles. The molecule has 0 aliphatic rings. The summed E-state index contributed by atoms with van der Waals surface area (Å²) in [5.74, 6) is 0.116. The minimum absolute atomic E-state index is 0.116. The average Bonchev–Trinajstić information content (AvgIpc) is 3.06. The van der Waals surface area contributed by atoms with E-state index in [9.17, 15) is 4.79 Å². The number of hydrogen-bond donors (Lipinski definition) is 0. The van der Waals surface area contributed by atoms with Crippen LogP contribution in [-0.2, 0) is 6.54 Å². The largest absolute Gasteiger partial charge is 0.334 e. The van der Waals surface area contributed by atoms with E-state index in [0.717, 1.165) is 29.3 Å². The van der Waals surface area contributed by atoms with Gasteiger partial charge >= 0.3 is 0 Å². The van der Waals surface area contributed by atoms with Crippen LogP contribution in [0.3, 0.4) is 0 Å². The molecular formula is C19H19NOS. The summed E-state index contributed by atoms with van der Waals surface area (Å²) in [4.78, 5) is 15.0. The van der Waals surface area contributed by atoms with E-state index in [1.165, 1.54) is 5.56 Å². The lowest BCUT2D eigenvalue weighted by Crippen LogP contribution is -2.31. The molecule has 0 bridgehead atoms. The number of amides is 1. The van der Waals surface area contributed by atoms with E-state index < -0.39 is 0 Å². The molecule has 0 fully saturated rings. The third-order valence-electron chi connectivity index (χ3n) is 3.75. The maximum atomic E-state index is 13.0. The van der Waals surface area contributed by atoms with Crippen molar-refractivity contribution in [1.29, 1.82) is 0 Å². The summed E-state index contributed by atoms with van der Waals surface area (Å²) in [5, 5.41) is 6.31. The SMILES string of the molecule is CCCN(Cc1ccsc1)C(=O)c1cccc2ccccc12. The fourth-order valence-electron chi connectivity index (χ4n) is 2.71. The monoisotopic (exact) mass is 309 g/mol. The van der Waals surface area contributed by atoms with Gasteiger partial charge in [-0.3, -0.25) is 4.79 Å². The molecule has 0 saturated heterocycles. The molecule has 3 rings (SSSR count). The van der Waals surface area contributed by atoms with Gasteiger partial charge in [0, 0.05) is 18.7 Å². The van der Waals surface area contributed by atoms with Gasteiger partial charge < -0.3 is 4.90 Å². The lowest BCUT2D eigenvalue weighted by molar-refractivity contribution is 0.0745. The summed E-state index contributed by atoms with van der Waals surface area (Å²) >= 11 is 1.67. The quantitative estimate of drug-likeness (QED) is 0.652. The third-order valence-corrected chi connectivity index (χ3v) is 4.49. The fourth-order valence-corrected chi connectivity index (χ4v) is 3.37. The van der Waals surface area contributed by atoms with Crippen molar-refractivity contribution in [2.24, 2.45) is 0 Å². The second kappa shape index (κ2) is 6.75. The van der Waals surface area contributed by atoms with Gasteiger partial charge in [-0.15, -0.1) is 0 Å². The molecule has 3 aromatic rings. The van der Waals surface area contributed by atoms with Gasteiger partial charge in [0.2, 0.25) is 0 Å². The maximum Gasteiger partial charge on any atom is 0.254 e. The molecule has 0 unspecified atom stereocenters. The first-order chi connectivity index (χ1) is 10.8. The molecule has 0 N–H and O–H groups in total. The van der Waals surface area contributed by atoms with Gasteiger partial charge in [0.25, 0.3) is 5.91 Å². The zero-order valence-electron chi connectivity index (χ0n) is 12.7. The molecule has 1 aromatic heterocycles. The van der Waals surface area contributed by atoms with E-state index in [2.05, 4.69) is 35.9 Å². The van der Waals surface area contributed by atoms with Crippen LogP contribution >= 0.6 is 11.3 Å². The van der Waals surface area contributed by atoms with Crippen LogP contribution in [-0.4, -0.2) is 17.4 Å². The smallest absolute Gasteiger partial charge is 0.254 e. The number of carbonyl (C=O) groups excluding carboxylic acids is 1. The summed E-state index contributed by atoms with van der Waals surface area (Å²) < 4.78 is 0. The van der Waals surface area contributed by atoms with Crippen LogP contribution in [0, 0.1) is 0 Å². The van der Waals surface area contributed by atoms with Gasteiger partial charge in [-0.05, 0) is 45.6 Å². The Kier molecular flexibility index (Phi) is 4.54. The molecular weight excluding hydrogens is 290 g/mol. The predicted octanol–water partition coefficient (Wildman–Crippen LogP) is 4.95. The third kappa shape index (κ3) is 3.04. The normalized spacial score (nSPS) is 10.8. The van der Waals surface area contributed by atoms with Crippen LogP contribution in [0.2, 0.25) is 0 Å². The van der Waals surface area contributed by atoms with Crippen LogP contribution in [0.1, 0.15) is 29.3 Å². The van der Waals surface area contributed by atoms with E-state index in [-0.39, 0.29) is 5.91 Å². The Morgan fingerprint density at radius 2 is 1.91 bits per heavy atom. The number of hydrogen-bond acceptors (Lipinski definition) is 2. The summed E-state index contributed by atoms with van der Waals surface area (Å²) in [6, 6.07) is 16.1. The Hall–Kier alpha value is -2.13. The van der Waals surface area contributed by atoms with E-state index in [1.807, 2.05) is 35.2 Å². The Bertz CT molecular complexity index is 759. The molecule has 1 amide bonds. The van der Waals surface area contributed by atoms with E-state index in [4.69, 9.17) is 0 Å². The number of benzene rings is 2. The standard InChI is InChI=1S/C19H19NOS/c1-2-11-20(13-15-10-12-22-14-15)19(21)18-9-5-7-16-6-3-4-8-17(16)18/h3-10,12,14H,2,11,13H2,1H3. The van der Waals surface area contributed by atoms with Crippen LogP contribution in [0.5, 0.6) is 0 Å². The highest BCUT2D eigenvalue weighted by molar-refractivity contribution is 7.07. The molecule has 112 valence electrons. The van der Waals surface area contributed by atoms with Gasteiger partial charge in [-0.1, -0.05) is 43.3 Å². The van der Waals surface area contributed by atoms with Gasteiger partial charge in [-0.25, -0.2) is 0 Å². The highest BCUT2D eigenvalue weighted by Gasteiger charge is 2.17. The van der Waals surface area contributed by atoms with E-state index >= 15 is 0 Å². The second-order valence-electron chi connectivity index (χ2n) is 5.39. The van der Waals surface area contributed by atoms with Crippen molar-refractivity contribution in [3.05, 3.63) is 70.4 Å². The number of rotatable bonds is 5. The van der Waals surface area contributed by atoms with Gasteiger partial charge in [0.05, 0.1) is 0 Å². The van der Waals surface area contributed by atoms with Crippen molar-refractivity contribution in [1.82, 2.24) is 4.90 Å². The number of fused-ring (bicyclic) bond motifs is 1. The zero-order chi connectivity index (χ0) is 15.4. The number of nitrogens with zero attached hydrogens (tertiary/aromatic N) is 1. The van der Waals surface area contributed by atoms with Crippen LogP contribution in [0.15, 0.2) is 59.3 Å². The average molecular weight is 309 g/mol. The lowest BCUT2D eigenvalue weighted by Gasteiger charge is -2.22. The first kappa shape index (κ1) is 14.8. The highest BCUT2D eigenvalue weighted by Crippen LogP contribution is 2.21. The zero-order valence-corrected chi connectivity index (χ0v) is 13.5. The molecule has 0 atom stereocenters. The number of thiophene rings is 1. The molecule has 2 nitrogen and oxygen atoms in total. The maximum absolute atomic E-state index is 13.0. The van der Waals surface area contributed by atoms with E-state index in [1.54, 1.807) is 11.3 Å². The minimum Gasteiger partial charge on any atom is -0.334 e. The molecule has 22 heavy (non-hydrogen) atoms. The summed E-state index contributed by atoms with van der Waals surface area (Å²) in [6.45, 7) is 3.56. The molecule has 1 heterocycles. The first-order valence-electron chi connectivity index (χ1n) is 7.57. The summed E-state index contributed by atoms with van der Waals surface area (Å²) in [6.07, 6.45) is 0.959. The van der Waals surface area contributed by atoms with Crippen LogP contribution in [0.4, 0.5) is 0 Å². The van der Waals surface area contributed by atoms with Crippen molar-refractivity contribution in [2.45, 2.75) is 19.9 Å². The van der Waals surface area contributed by atoms with Crippen molar-refractivity contribution in [3.63, 3.8) is 0 Å². The predicted molar refractivity (Wildman–Crippen MR) is 93.3 cm³/mol. The second-order valence-corrected chi connectivity index (χ2v) is 6.17. The molecule has 0 saturated carbocycles. The van der Waals surface area contributed by atoms with Crippen LogP contribution in [0.25, 0.3) is 10.8 Å². The van der Waals surface area contributed by atoms with Gasteiger partial charge in [0.1, 0.15) is 0 Å². The molecule has 0 aliphatic carbocycles. The van der Waals surface area contributed by atoms with E-state index in [0.29, 0.717) is 6.54 Å². The number of carbonyl (C=O) groups is 1.